The van der Waals surface area contributed by atoms with E-state index in [2.05, 4.69) is 11.4 Å². The molecule has 1 heterocycles. The number of anilines is 2. The zero-order valence-corrected chi connectivity index (χ0v) is 16.5. The molecule has 0 atom stereocenters. The van der Waals surface area contributed by atoms with E-state index < -0.39 is 0 Å². The molecule has 0 bridgehead atoms. The molecular weight excluding hydrogens is 376 g/mol. The van der Waals surface area contributed by atoms with E-state index in [1.807, 2.05) is 34.6 Å². The van der Waals surface area contributed by atoms with E-state index in [4.69, 9.17) is 15.8 Å². The van der Waals surface area contributed by atoms with Crippen LogP contribution in [-0.4, -0.2) is 64.1 Å². The van der Waals surface area contributed by atoms with Gasteiger partial charge < -0.3 is 26.4 Å². The number of fused-ring (bicyclic) bond motifs is 2. The normalized spacial score (nSPS) is 11.6. The van der Waals surface area contributed by atoms with Gasteiger partial charge in [0.25, 0.3) is 0 Å². The molecule has 0 amide bonds. The lowest BCUT2D eigenvalue weighted by Gasteiger charge is -2.19. The SMILES string of the molecule is Nc1ccc2nc3ccc(SN(CCO)CCO)cc3c(NCCCO)c2c1. The molecule has 0 radical (unpaired) electrons. The zero-order chi connectivity index (χ0) is 19.9. The van der Waals surface area contributed by atoms with Crippen molar-refractivity contribution in [3.8, 4) is 0 Å². The topological polar surface area (TPSA) is 115 Å². The molecule has 0 unspecified atom stereocenters. The summed E-state index contributed by atoms with van der Waals surface area (Å²) in [6.07, 6.45) is 0.642. The third-order valence-corrected chi connectivity index (χ3v) is 5.43. The van der Waals surface area contributed by atoms with Crippen molar-refractivity contribution in [2.75, 3.05) is 50.5 Å². The second kappa shape index (κ2) is 9.90. The molecule has 0 saturated heterocycles. The van der Waals surface area contributed by atoms with Gasteiger partial charge in [-0.1, -0.05) is 0 Å². The van der Waals surface area contributed by atoms with E-state index >= 15 is 0 Å². The summed E-state index contributed by atoms with van der Waals surface area (Å²) in [7, 11) is 0. The van der Waals surface area contributed by atoms with Crippen LogP contribution < -0.4 is 11.1 Å². The molecule has 3 aromatic rings. The Balaban J connectivity index is 2.06. The number of nitrogens with two attached hydrogens (primary N) is 1. The largest absolute Gasteiger partial charge is 0.399 e. The average molecular weight is 403 g/mol. The maximum Gasteiger partial charge on any atom is 0.0732 e. The van der Waals surface area contributed by atoms with Gasteiger partial charge in [-0.2, -0.15) is 0 Å². The van der Waals surface area contributed by atoms with Crippen LogP contribution in [-0.2, 0) is 0 Å². The average Bonchev–Trinajstić information content (AvgIpc) is 2.68. The van der Waals surface area contributed by atoms with E-state index in [1.165, 1.54) is 11.9 Å². The van der Waals surface area contributed by atoms with E-state index in [9.17, 15) is 10.2 Å². The summed E-state index contributed by atoms with van der Waals surface area (Å²) in [4.78, 5) is 5.74. The third kappa shape index (κ3) is 4.84. The summed E-state index contributed by atoms with van der Waals surface area (Å²) in [6.45, 7) is 1.75. The van der Waals surface area contributed by atoms with E-state index in [1.54, 1.807) is 0 Å². The monoisotopic (exact) mass is 402 g/mol. The Bertz CT molecular complexity index is 932. The van der Waals surface area contributed by atoms with Crippen LogP contribution in [0.25, 0.3) is 21.8 Å². The first-order valence-electron chi connectivity index (χ1n) is 9.28. The number of hydrogen-bond acceptors (Lipinski definition) is 8. The maximum atomic E-state index is 9.23. The van der Waals surface area contributed by atoms with Crippen LogP contribution in [0.4, 0.5) is 11.4 Å². The first-order valence-corrected chi connectivity index (χ1v) is 10.1. The van der Waals surface area contributed by atoms with Gasteiger partial charge in [-0.15, -0.1) is 0 Å². The van der Waals surface area contributed by atoms with Crippen LogP contribution in [0.3, 0.4) is 0 Å². The minimum Gasteiger partial charge on any atom is -0.399 e. The molecule has 0 aliphatic heterocycles. The molecule has 8 heteroatoms. The fraction of sp³-hybridized carbons (Fsp3) is 0.350. The molecule has 7 nitrogen and oxygen atoms in total. The van der Waals surface area contributed by atoms with Crippen LogP contribution >= 0.6 is 11.9 Å². The highest BCUT2D eigenvalue weighted by Crippen LogP contribution is 2.35. The number of nitrogens with one attached hydrogen (secondary N) is 1. The summed E-state index contributed by atoms with van der Waals surface area (Å²) >= 11 is 1.49. The minimum absolute atomic E-state index is 0.0278. The number of hydrogen-bond donors (Lipinski definition) is 5. The second-order valence-corrected chi connectivity index (χ2v) is 7.58. The standard InChI is InChI=1S/C20H26N4O3S/c21-14-2-4-18-16(12-14)20(22-6-1-9-25)17-13-15(3-5-19(17)23-18)28-24(7-10-26)8-11-27/h2-5,12-13,25-27H,1,6-11,21H2,(H,22,23). The quantitative estimate of drug-likeness (QED) is 0.152. The molecule has 2 aromatic carbocycles. The third-order valence-electron chi connectivity index (χ3n) is 4.34. The molecule has 3 rings (SSSR count). The molecule has 0 aliphatic carbocycles. The molecular formula is C20H26N4O3S. The van der Waals surface area contributed by atoms with Crippen LogP contribution in [0.2, 0.25) is 0 Å². The molecule has 0 saturated carbocycles. The molecule has 0 aliphatic rings. The second-order valence-electron chi connectivity index (χ2n) is 6.41. The summed E-state index contributed by atoms with van der Waals surface area (Å²) < 4.78 is 1.92. The lowest BCUT2D eigenvalue weighted by Crippen LogP contribution is -2.23. The Morgan fingerprint density at radius 1 is 0.929 bits per heavy atom. The molecule has 150 valence electrons. The van der Waals surface area contributed by atoms with E-state index in [-0.39, 0.29) is 19.8 Å². The van der Waals surface area contributed by atoms with E-state index in [0.717, 1.165) is 32.4 Å². The van der Waals surface area contributed by atoms with Crippen molar-refractivity contribution in [1.82, 2.24) is 9.29 Å². The highest BCUT2D eigenvalue weighted by molar-refractivity contribution is 7.97. The zero-order valence-electron chi connectivity index (χ0n) is 15.6. The minimum atomic E-state index is 0.0278. The molecule has 1 aromatic heterocycles. The summed E-state index contributed by atoms with van der Waals surface area (Å²) in [5, 5.41) is 32.9. The molecule has 28 heavy (non-hydrogen) atoms. The van der Waals surface area contributed by atoms with Crippen LogP contribution in [0.15, 0.2) is 41.3 Å². The number of pyridine rings is 1. The van der Waals surface area contributed by atoms with Crippen molar-refractivity contribution in [2.45, 2.75) is 11.3 Å². The lowest BCUT2D eigenvalue weighted by atomic mass is 10.1. The van der Waals surface area contributed by atoms with Crippen molar-refractivity contribution < 1.29 is 15.3 Å². The fourth-order valence-electron chi connectivity index (χ4n) is 3.05. The Morgan fingerprint density at radius 2 is 1.61 bits per heavy atom. The van der Waals surface area contributed by atoms with Crippen molar-refractivity contribution in [3.63, 3.8) is 0 Å². The Morgan fingerprint density at radius 3 is 2.29 bits per heavy atom. The van der Waals surface area contributed by atoms with Crippen molar-refractivity contribution >= 4 is 45.1 Å². The highest BCUT2D eigenvalue weighted by Gasteiger charge is 2.12. The Hall–Kier alpha value is -2.10. The highest BCUT2D eigenvalue weighted by atomic mass is 32.2. The predicted octanol–water partition coefficient (Wildman–Crippen LogP) is 2.06. The summed E-state index contributed by atoms with van der Waals surface area (Å²) in [5.74, 6) is 0. The smallest absolute Gasteiger partial charge is 0.0732 e. The van der Waals surface area contributed by atoms with Crippen LogP contribution in [0.1, 0.15) is 6.42 Å². The van der Waals surface area contributed by atoms with Gasteiger partial charge in [0.2, 0.25) is 0 Å². The van der Waals surface area contributed by atoms with Crippen LogP contribution in [0.5, 0.6) is 0 Å². The van der Waals surface area contributed by atoms with Gasteiger partial charge in [0.1, 0.15) is 0 Å². The van der Waals surface area contributed by atoms with E-state index in [0.29, 0.717) is 31.7 Å². The molecule has 6 N–H and O–H groups in total. The van der Waals surface area contributed by atoms with Gasteiger partial charge in [-0.3, -0.25) is 0 Å². The maximum absolute atomic E-state index is 9.23. The van der Waals surface area contributed by atoms with Gasteiger partial charge in [0.05, 0.1) is 29.9 Å². The number of nitrogens with zero attached hydrogens (tertiary/aromatic N) is 2. The van der Waals surface area contributed by atoms with Crippen molar-refractivity contribution in [1.29, 1.82) is 0 Å². The fourth-order valence-corrected chi connectivity index (χ4v) is 4.00. The number of benzene rings is 2. The molecule has 0 spiro atoms. The number of aliphatic hydroxyl groups is 3. The predicted molar refractivity (Wildman–Crippen MR) is 115 cm³/mol. The summed E-state index contributed by atoms with van der Waals surface area (Å²) in [5.41, 5.74) is 9.33. The number of aliphatic hydroxyl groups excluding tert-OH is 3. The van der Waals surface area contributed by atoms with Gasteiger partial charge >= 0.3 is 0 Å². The van der Waals surface area contributed by atoms with Crippen molar-refractivity contribution in [2.24, 2.45) is 0 Å². The van der Waals surface area contributed by atoms with Gasteiger partial charge in [0.15, 0.2) is 0 Å². The Kier molecular flexibility index (Phi) is 7.30. The van der Waals surface area contributed by atoms with Crippen LogP contribution in [0, 0.1) is 0 Å². The first kappa shape index (κ1) is 20.6. The number of nitrogen functional groups attached to an aromatic ring is 1. The van der Waals surface area contributed by atoms with Crippen molar-refractivity contribution in [3.05, 3.63) is 36.4 Å². The first-order chi connectivity index (χ1) is 13.7. The Labute approximate surface area is 168 Å². The summed E-state index contributed by atoms with van der Waals surface area (Å²) in [6, 6.07) is 11.7. The molecule has 0 fully saturated rings. The lowest BCUT2D eigenvalue weighted by molar-refractivity contribution is 0.226. The number of aromatic nitrogens is 1. The van der Waals surface area contributed by atoms with Gasteiger partial charge in [0, 0.05) is 47.6 Å². The number of rotatable bonds is 10. The van der Waals surface area contributed by atoms with Gasteiger partial charge in [-0.25, -0.2) is 9.29 Å². The van der Waals surface area contributed by atoms with Gasteiger partial charge in [-0.05, 0) is 54.8 Å².